The van der Waals surface area contributed by atoms with E-state index >= 15 is 0 Å². The largest absolute Gasteiger partial charge is 0.495 e. The second-order valence-electron chi connectivity index (χ2n) is 5.41. The first kappa shape index (κ1) is 15.9. The van der Waals surface area contributed by atoms with Gasteiger partial charge in [-0.3, -0.25) is 4.72 Å². The van der Waals surface area contributed by atoms with Gasteiger partial charge in [0.05, 0.1) is 17.3 Å². The Morgan fingerprint density at radius 2 is 1.76 bits per heavy atom. The average molecular weight is 370 g/mol. The zero-order valence-electron chi connectivity index (χ0n) is 13.3. The van der Waals surface area contributed by atoms with E-state index in [9.17, 15) is 8.42 Å². The predicted octanol–water partition coefficient (Wildman–Crippen LogP) is 4.26. The van der Waals surface area contributed by atoms with Gasteiger partial charge in [0.15, 0.2) is 5.13 Å². The molecule has 0 aliphatic rings. The molecule has 25 heavy (non-hydrogen) atoms. The fourth-order valence-corrected chi connectivity index (χ4v) is 5.00. The topological polar surface area (TPSA) is 68.3 Å². The molecule has 0 bridgehead atoms. The summed E-state index contributed by atoms with van der Waals surface area (Å²) < 4.78 is 34.0. The lowest BCUT2D eigenvalue weighted by Crippen LogP contribution is -2.13. The number of anilines is 1. The van der Waals surface area contributed by atoms with Gasteiger partial charge in [-0.1, -0.05) is 53.8 Å². The van der Waals surface area contributed by atoms with E-state index in [-0.39, 0.29) is 4.90 Å². The Labute approximate surface area is 149 Å². The van der Waals surface area contributed by atoms with Crippen LogP contribution in [0.5, 0.6) is 5.75 Å². The van der Waals surface area contributed by atoms with Crippen molar-refractivity contribution in [1.29, 1.82) is 0 Å². The maximum atomic E-state index is 12.7. The number of hydrogen-bond acceptors (Lipinski definition) is 5. The highest BCUT2D eigenvalue weighted by Gasteiger charge is 2.21. The lowest BCUT2D eigenvalue weighted by Gasteiger charge is -2.09. The molecule has 0 unspecified atom stereocenters. The van der Waals surface area contributed by atoms with Crippen LogP contribution >= 0.6 is 11.3 Å². The number of ether oxygens (including phenoxy) is 1. The molecular formula is C18H14N2O3S2. The Bertz CT molecular complexity index is 1180. The summed E-state index contributed by atoms with van der Waals surface area (Å²) in [4.78, 5) is 4.58. The molecule has 0 spiro atoms. The van der Waals surface area contributed by atoms with Gasteiger partial charge in [0.25, 0.3) is 10.0 Å². The van der Waals surface area contributed by atoms with Crippen molar-refractivity contribution in [3.63, 3.8) is 0 Å². The molecule has 0 amide bonds. The number of benzene rings is 3. The first-order valence-corrected chi connectivity index (χ1v) is 9.82. The minimum absolute atomic E-state index is 0.0848. The minimum Gasteiger partial charge on any atom is -0.495 e. The van der Waals surface area contributed by atoms with Crippen LogP contribution in [0.15, 0.2) is 65.6 Å². The Morgan fingerprint density at radius 3 is 2.60 bits per heavy atom. The fourth-order valence-electron chi connectivity index (χ4n) is 2.72. The van der Waals surface area contributed by atoms with Crippen LogP contribution in [0.25, 0.3) is 21.0 Å². The fraction of sp³-hybridized carbons (Fsp3) is 0.0556. The average Bonchev–Trinajstić information content (AvgIpc) is 3.04. The van der Waals surface area contributed by atoms with Crippen LogP contribution in [0.2, 0.25) is 0 Å². The smallest absolute Gasteiger partial charge is 0.267 e. The van der Waals surface area contributed by atoms with Gasteiger partial charge in [0.1, 0.15) is 10.6 Å². The van der Waals surface area contributed by atoms with E-state index < -0.39 is 10.0 Å². The number of hydrogen-bond donors (Lipinski definition) is 1. The maximum Gasteiger partial charge on any atom is 0.267 e. The van der Waals surface area contributed by atoms with Gasteiger partial charge >= 0.3 is 0 Å². The molecule has 5 nitrogen and oxygen atoms in total. The highest BCUT2D eigenvalue weighted by molar-refractivity contribution is 7.93. The number of thiazole rings is 1. The van der Waals surface area contributed by atoms with Crippen molar-refractivity contribution in [1.82, 2.24) is 4.98 Å². The number of para-hydroxylation sites is 1. The van der Waals surface area contributed by atoms with Crippen LogP contribution in [-0.4, -0.2) is 20.5 Å². The molecule has 4 aromatic rings. The van der Waals surface area contributed by atoms with Gasteiger partial charge in [-0.2, -0.15) is 0 Å². The molecule has 0 radical (unpaired) electrons. The van der Waals surface area contributed by atoms with Crippen molar-refractivity contribution in [3.8, 4) is 5.75 Å². The second kappa shape index (κ2) is 6.02. The van der Waals surface area contributed by atoms with Gasteiger partial charge in [0, 0.05) is 5.39 Å². The molecule has 0 saturated heterocycles. The summed E-state index contributed by atoms with van der Waals surface area (Å²) >= 11 is 1.30. The van der Waals surface area contributed by atoms with Crippen LogP contribution in [0.1, 0.15) is 0 Å². The van der Waals surface area contributed by atoms with Crippen LogP contribution in [0, 0.1) is 0 Å². The zero-order chi connectivity index (χ0) is 17.4. The van der Waals surface area contributed by atoms with E-state index in [0.717, 1.165) is 21.0 Å². The third-order valence-corrected chi connectivity index (χ3v) is 6.31. The Morgan fingerprint density at radius 1 is 1.00 bits per heavy atom. The van der Waals surface area contributed by atoms with Gasteiger partial charge in [-0.15, -0.1) is 0 Å². The number of nitrogens with zero attached hydrogens (tertiary/aromatic N) is 1. The number of methoxy groups -OCH3 is 1. The Hall–Kier alpha value is -2.64. The van der Waals surface area contributed by atoms with Crippen LogP contribution in [0.4, 0.5) is 5.13 Å². The van der Waals surface area contributed by atoms with Crippen molar-refractivity contribution in [2.45, 2.75) is 4.90 Å². The molecule has 1 N–H and O–H groups in total. The predicted molar refractivity (Wildman–Crippen MR) is 101 cm³/mol. The summed E-state index contributed by atoms with van der Waals surface area (Å²) in [6, 6.07) is 18.4. The van der Waals surface area contributed by atoms with Gasteiger partial charge < -0.3 is 4.74 Å². The van der Waals surface area contributed by atoms with Gasteiger partial charge in [-0.25, -0.2) is 13.4 Å². The van der Waals surface area contributed by atoms with Gasteiger partial charge in [0.2, 0.25) is 0 Å². The Balaban J connectivity index is 1.79. The summed E-state index contributed by atoms with van der Waals surface area (Å²) in [5, 5.41) is 2.40. The van der Waals surface area contributed by atoms with E-state index in [1.165, 1.54) is 24.5 Å². The summed E-state index contributed by atoms with van der Waals surface area (Å²) in [6.45, 7) is 0. The van der Waals surface area contributed by atoms with Crippen molar-refractivity contribution < 1.29 is 13.2 Å². The van der Waals surface area contributed by atoms with E-state index in [2.05, 4.69) is 9.71 Å². The van der Waals surface area contributed by atoms with E-state index in [0.29, 0.717) is 10.9 Å². The highest BCUT2D eigenvalue weighted by atomic mass is 32.2. The highest BCUT2D eigenvalue weighted by Crippen LogP contribution is 2.33. The molecule has 4 rings (SSSR count). The second-order valence-corrected chi connectivity index (χ2v) is 8.09. The minimum atomic E-state index is -3.78. The normalized spacial score (nSPS) is 11.7. The first-order valence-electron chi connectivity index (χ1n) is 7.52. The molecule has 1 heterocycles. The molecule has 0 atom stereocenters. The molecule has 126 valence electrons. The number of sulfonamides is 1. The number of fused-ring (bicyclic) bond motifs is 3. The summed E-state index contributed by atoms with van der Waals surface area (Å²) in [5.41, 5.74) is 0.792. The third-order valence-electron chi connectivity index (χ3n) is 3.86. The van der Waals surface area contributed by atoms with Crippen LogP contribution in [-0.2, 0) is 10.0 Å². The third kappa shape index (κ3) is 2.81. The van der Waals surface area contributed by atoms with Crippen LogP contribution < -0.4 is 9.46 Å². The molecular weight excluding hydrogens is 356 g/mol. The summed E-state index contributed by atoms with van der Waals surface area (Å²) in [7, 11) is -2.34. The van der Waals surface area contributed by atoms with E-state index in [1.54, 1.807) is 18.2 Å². The van der Waals surface area contributed by atoms with Crippen LogP contribution in [0.3, 0.4) is 0 Å². The first-order chi connectivity index (χ1) is 12.1. The lowest BCUT2D eigenvalue weighted by molar-refractivity contribution is 0.403. The zero-order valence-corrected chi connectivity index (χ0v) is 14.9. The molecule has 7 heteroatoms. The molecule has 0 saturated carbocycles. The quantitative estimate of drug-likeness (QED) is 0.583. The maximum absolute atomic E-state index is 12.7. The van der Waals surface area contributed by atoms with E-state index in [1.807, 2.05) is 36.4 Å². The number of nitrogens with one attached hydrogen (secondary N) is 1. The van der Waals surface area contributed by atoms with Crippen molar-refractivity contribution in [2.24, 2.45) is 0 Å². The SMILES string of the molecule is COc1ccccc1S(=O)(=O)Nc1nc2c(ccc3ccccc32)s1. The van der Waals surface area contributed by atoms with E-state index in [4.69, 9.17) is 4.74 Å². The summed E-state index contributed by atoms with van der Waals surface area (Å²) in [6.07, 6.45) is 0. The Kier molecular flexibility index (Phi) is 3.82. The van der Waals surface area contributed by atoms with Crippen molar-refractivity contribution in [3.05, 3.63) is 60.7 Å². The number of aromatic nitrogens is 1. The molecule has 0 aliphatic carbocycles. The van der Waals surface area contributed by atoms with Crippen molar-refractivity contribution in [2.75, 3.05) is 11.8 Å². The monoisotopic (exact) mass is 370 g/mol. The van der Waals surface area contributed by atoms with Gasteiger partial charge in [-0.05, 0) is 23.6 Å². The molecule has 0 fully saturated rings. The molecule has 0 aliphatic heterocycles. The molecule has 3 aromatic carbocycles. The summed E-state index contributed by atoms with van der Waals surface area (Å²) in [5.74, 6) is 0.293. The lowest BCUT2D eigenvalue weighted by atomic mass is 10.1. The number of rotatable bonds is 4. The van der Waals surface area contributed by atoms with Crippen molar-refractivity contribution >= 4 is 47.5 Å². The molecule has 1 aromatic heterocycles. The standard InChI is InChI=1S/C18H14N2O3S2/c1-23-14-8-4-5-9-16(14)25(21,22)20-18-19-17-13-7-3-2-6-12(13)10-11-15(17)24-18/h2-11H,1H3,(H,19,20).